The van der Waals surface area contributed by atoms with Gasteiger partial charge >= 0.3 is 5.88 Å². The van der Waals surface area contributed by atoms with E-state index in [0.717, 1.165) is 28.5 Å². The molecule has 4 aromatic rings. The Balaban J connectivity index is 1.60. The summed E-state index contributed by atoms with van der Waals surface area (Å²) in [6.45, 7) is 1.99. The minimum Gasteiger partial charge on any atom is -0.395 e. The molecule has 0 saturated carbocycles. The van der Waals surface area contributed by atoms with E-state index in [0.29, 0.717) is 5.69 Å². The van der Waals surface area contributed by atoms with Crippen LogP contribution < -0.4 is 5.32 Å². The zero-order chi connectivity index (χ0) is 19.0. The van der Waals surface area contributed by atoms with Crippen LogP contribution in [0, 0.1) is 17.0 Å². The number of fused-ring (bicyclic) bond motifs is 1. The molecule has 3 aromatic heterocycles. The van der Waals surface area contributed by atoms with Crippen molar-refractivity contribution in [2.75, 3.05) is 5.32 Å². The van der Waals surface area contributed by atoms with Gasteiger partial charge in [-0.2, -0.15) is 0 Å². The van der Waals surface area contributed by atoms with E-state index in [1.54, 1.807) is 18.2 Å². The maximum Gasteiger partial charge on any atom is 0.433 e. The predicted octanol–water partition coefficient (Wildman–Crippen LogP) is 4.06. The summed E-state index contributed by atoms with van der Waals surface area (Å²) in [5.74, 6) is -1.17. The van der Waals surface area contributed by atoms with Gasteiger partial charge in [0.05, 0.1) is 11.8 Å². The van der Waals surface area contributed by atoms with Gasteiger partial charge in [-0.05, 0) is 36.8 Å². The minimum atomic E-state index is -0.692. The summed E-state index contributed by atoms with van der Waals surface area (Å²) in [5, 5.41) is 13.3. The van der Waals surface area contributed by atoms with E-state index in [1.165, 1.54) is 6.07 Å². The van der Waals surface area contributed by atoms with E-state index in [2.05, 4.69) is 10.3 Å². The normalized spacial score (nSPS) is 10.9. The lowest BCUT2D eigenvalue weighted by atomic mass is 10.1. The second kappa shape index (κ2) is 6.41. The van der Waals surface area contributed by atoms with E-state index in [1.807, 2.05) is 41.9 Å². The number of aromatic nitrogens is 2. The molecule has 0 unspecified atom stereocenters. The Bertz CT molecular complexity index is 1180. The number of carbonyl (C=O) groups is 1. The summed E-state index contributed by atoms with van der Waals surface area (Å²) in [6.07, 6.45) is 3.84. The Labute approximate surface area is 153 Å². The van der Waals surface area contributed by atoms with E-state index in [4.69, 9.17) is 4.42 Å². The number of furan rings is 1. The molecule has 0 saturated heterocycles. The van der Waals surface area contributed by atoms with Gasteiger partial charge in [-0.15, -0.1) is 0 Å². The molecule has 0 spiro atoms. The summed E-state index contributed by atoms with van der Waals surface area (Å²) >= 11 is 0. The van der Waals surface area contributed by atoms with Gasteiger partial charge < -0.3 is 14.1 Å². The molecule has 3 heterocycles. The van der Waals surface area contributed by atoms with E-state index in [9.17, 15) is 14.9 Å². The van der Waals surface area contributed by atoms with Crippen molar-refractivity contribution in [3.8, 4) is 11.3 Å². The van der Waals surface area contributed by atoms with Crippen molar-refractivity contribution in [1.82, 2.24) is 9.38 Å². The van der Waals surface area contributed by atoms with Gasteiger partial charge in [-0.1, -0.05) is 18.2 Å². The van der Waals surface area contributed by atoms with Crippen LogP contribution in [-0.4, -0.2) is 20.2 Å². The maximum atomic E-state index is 12.2. The van der Waals surface area contributed by atoms with Crippen LogP contribution in [0.2, 0.25) is 0 Å². The van der Waals surface area contributed by atoms with Crippen LogP contribution >= 0.6 is 0 Å². The minimum absolute atomic E-state index is 0.129. The predicted molar refractivity (Wildman–Crippen MR) is 98.7 cm³/mol. The van der Waals surface area contributed by atoms with Crippen LogP contribution in [0.25, 0.3) is 16.9 Å². The first-order valence-corrected chi connectivity index (χ1v) is 8.11. The third kappa shape index (κ3) is 3.15. The number of nitrogens with one attached hydrogen (secondary N) is 1. The van der Waals surface area contributed by atoms with E-state index in [-0.39, 0.29) is 5.76 Å². The second-order valence-corrected chi connectivity index (χ2v) is 5.98. The molecule has 0 bridgehead atoms. The van der Waals surface area contributed by atoms with Crippen molar-refractivity contribution >= 4 is 23.1 Å². The quantitative estimate of drug-likeness (QED) is 0.435. The number of aryl methyl sites for hydroxylation is 1. The van der Waals surface area contributed by atoms with Crippen molar-refractivity contribution in [2.24, 2.45) is 0 Å². The molecular formula is C19H14N4O4. The summed E-state index contributed by atoms with van der Waals surface area (Å²) in [5.41, 5.74) is 4.07. The lowest BCUT2D eigenvalue weighted by molar-refractivity contribution is -0.402. The third-order valence-electron chi connectivity index (χ3n) is 4.09. The number of benzene rings is 1. The number of carbonyl (C=O) groups excluding carboxylic acids is 1. The highest BCUT2D eigenvalue weighted by atomic mass is 16.6. The Morgan fingerprint density at radius 2 is 2.07 bits per heavy atom. The molecule has 1 aromatic carbocycles. The molecule has 1 N–H and O–H groups in total. The number of nitro groups is 1. The van der Waals surface area contributed by atoms with Crippen LogP contribution in [0.4, 0.5) is 11.6 Å². The molecule has 0 atom stereocenters. The fraction of sp³-hybridized carbons (Fsp3) is 0.0526. The number of hydrogen-bond donors (Lipinski definition) is 1. The highest BCUT2D eigenvalue weighted by Gasteiger charge is 2.17. The molecule has 0 radical (unpaired) electrons. The van der Waals surface area contributed by atoms with Gasteiger partial charge in [0.15, 0.2) is 5.76 Å². The molecule has 8 nitrogen and oxygen atoms in total. The largest absolute Gasteiger partial charge is 0.433 e. The standard InChI is InChI=1S/C19H14N4O4/c1-12-4-3-9-22-11-15(21-18(12)22)13-5-2-6-14(10-13)20-19(24)16-7-8-17(27-16)23(25)26/h2-11H,1H3,(H,20,24). The van der Waals surface area contributed by atoms with Crippen LogP contribution in [0.15, 0.2) is 65.3 Å². The number of rotatable bonds is 4. The van der Waals surface area contributed by atoms with Gasteiger partial charge in [0, 0.05) is 23.6 Å². The lowest BCUT2D eigenvalue weighted by Crippen LogP contribution is -2.10. The molecular weight excluding hydrogens is 348 g/mol. The van der Waals surface area contributed by atoms with Gasteiger partial charge in [-0.3, -0.25) is 14.9 Å². The van der Waals surface area contributed by atoms with E-state index >= 15 is 0 Å². The SMILES string of the molecule is Cc1cccn2cc(-c3cccc(NC(=O)c4ccc([N+](=O)[O-])o4)c3)nc12. The average Bonchev–Trinajstić information content (AvgIpc) is 3.30. The average molecular weight is 362 g/mol. The van der Waals surface area contributed by atoms with Crippen molar-refractivity contribution in [3.63, 3.8) is 0 Å². The molecule has 0 aliphatic carbocycles. The number of pyridine rings is 1. The van der Waals surface area contributed by atoms with Crippen LogP contribution in [0.3, 0.4) is 0 Å². The summed E-state index contributed by atoms with van der Waals surface area (Å²) in [6, 6.07) is 13.5. The first-order valence-electron chi connectivity index (χ1n) is 8.11. The van der Waals surface area contributed by atoms with Gasteiger partial charge in [0.1, 0.15) is 10.6 Å². The van der Waals surface area contributed by atoms with Crippen LogP contribution in [0.5, 0.6) is 0 Å². The van der Waals surface area contributed by atoms with Gasteiger partial charge in [0.25, 0.3) is 5.91 Å². The number of anilines is 1. The molecule has 8 heteroatoms. The highest BCUT2D eigenvalue weighted by molar-refractivity contribution is 6.02. The van der Waals surface area contributed by atoms with Crippen molar-refractivity contribution < 1.29 is 14.1 Å². The third-order valence-corrected chi connectivity index (χ3v) is 4.09. The highest BCUT2D eigenvalue weighted by Crippen LogP contribution is 2.24. The van der Waals surface area contributed by atoms with Crippen LogP contribution in [0.1, 0.15) is 16.1 Å². The zero-order valence-electron chi connectivity index (χ0n) is 14.2. The molecule has 0 aliphatic heterocycles. The monoisotopic (exact) mass is 362 g/mol. The fourth-order valence-corrected chi connectivity index (χ4v) is 2.79. The topological polar surface area (TPSA) is 103 Å². The van der Waals surface area contributed by atoms with Crippen molar-refractivity contribution in [2.45, 2.75) is 6.92 Å². The molecule has 134 valence electrons. The van der Waals surface area contributed by atoms with Gasteiger partial charge in [0.2, 0.25) is 0 Å². The van der Waals surface area contributed by atoms with Gasteiger partial charge in [-0.25, -0.2) is 4.98 Å². The zero-order valence-corrected chi connectivity index (χ0v) is 14.2. The molecule has 4 rings (SSSR count). The van der Waals surface area contributed by atoms with Crippen molar-refractivity contribution in [3.05, 3.63) is 82.4 Å². The van der Waals surface area contributed by atoms with Crippen LogP contribution in [-0.2, 0) is 0 Å². The Morgan fingerprint density at radius 3 is 2.81 bits per heavy atom. The number of hydrogen-bond acceptors (Lipinski definition) is 5. The summed E-state index contributed by atoms with van der Waals surface area (Å²) in [7, 11) is 0. The Kier molecular flexibility index (Phi) is 3.92. The molecule has 27 heavy (non-hydrogen) atoms. The lowest BCUT2D eigenvalue weighted by Gasteiger charge is -2.04. The number of imidazole rings is 1. The first-order chi connectivity index (χ1) is 13.0. The molecule has 1 amide bonds. The maximum absolute atomic E-state index is 12.2. The second-order valence-electron chi connectivity index (χ2n) is 5.98. The number of nitrogens with zero attached hydrogens (tertiary/aromatic N) is 3. The molecule has 0 aliphatic rings. The first kappa shape index (κ1) is 16.5. The Morgan fingerprint density at radius 1 is 1.22 bits per heavy atom. The van der Waals surface area contributed by atoms with Crippen molar-refractivity contribution in [1.29, 1.82) is 0 Å². The Hall–Kier alpha value is -3.94. The van der Waals surface area contributed by atoms with E-state index < -0.39 is 16.7 Å². The number of amides is 1. The summed E-state index contributed by atoms with van der Waals surface area (Å²) in [4.78, 5) is 26.9. The smallest absolute Gasteiger partial charge is 0.395 e. The summed E-state index contributed by atoms with van der Waals surface area (Å²) < 4.78 is 6.86. The molecule has 0 fully saturated rings. The fourth-order valence-electron chi connectivity index (χ4n) is 2.79.